The van der Waals surface area contributed by atoms with Gasteiger partial charge in [0.25, 0.3) is 0 Å². The van der Waals surface area contributed by atoms with Gasteiger partial charge in [-0.15, -0.1) is 0 Å². The van der Waals surface area contributed by atoms with Crippen molar-refractivity contribution in [1.29, 1.82) is 0 Å². The van der Waals surface area contributed by atoms with Crippen LogP contribution < -0.4 is 0 Å². The zero-order valence-electron chi connectivity index (χ0n) is 13.5. The minimum atomic E-state index is -1.60. The van der Waals surface area contributed by atoms with Gasteiger partial charge in [0, 0.05) is 22.8 Å². The molecule has 2 aliphatic carbocycles. The summed E-state index contributed by atoms with van der Waals surface area (Å²) in [5.41, 5.74) is -2.67. The van der Waals surface area contributed by atoms with Crippen LogP contribution in [0.2, 0.25) is 0 Å². The van der Waals surface area contributed by atoms with Gasteiger partial charge in [-0.05, 0) is 19.3 Å². The Balaban J connectivity index is 2.44. The minimum absolute atomic E-state index is 0.0683. The minimum Gasteiger partial charge on any atom is -0.466 e. The number of carbonyl (C=O) groups excluding carboxylic acids is 1. The molecule has 7 unspecified atom stereocenters. The maximum Gasteiger partial charge on any atom is 0.333 e. The molecular weight excluding hydrogens is 304 g/mol. The Kier molecular flexibility index (Phi) is 4.90. The molecule has 2 saturated carbocycles. The molecule has 0 bridgehead atoms. The van der Waals surface area contributed by atoms with Crippen LogP contribution in [0.4, 0.5) is 0 Å². The van der Waals surface area contributed by atoms with Crippen molar-refractivity contribution in [3.05, 3.63) is 12.2 Å². The third-order valence-electron chi connectivity index (χ3n) is 5.80. The Hall–Kier alpha value is -0.990. The molecule has 0 heterocycles. The predicted molar refractivity (Wildman–Crippen MR) is 80.2 cm³/mol. The Morgan fingerprint density at radius 1 is 1.35 bits per heavy atom. The highest BCUT2D eigenvalue weighted by molar-refractivity contribution is 5.88. The van der Waals surface area contributed by atoms with Gasteiger partial charge in [-0.1, -0.05) is 13.5 Å². The van der Waals surface area contributed by atoms with E-state index in [9.17, 15) is 30.3 Å². The first-order valence-corrected chi connectivity index (χ1v) is 7.77. The number of ether oxygens (including phenoxy) is 1. The fraction of sp³-hybridized carbons (Fsp3) is 0.812. The van der Waals surface area contributed by atoms with Crippen LogP contribution in [0.25, 0.3) is 0 Å². The van der Waals surface area contributed by atoms with E-state index in [1.165, 1.54) is 7.11 Å². The summed E-state index contributed by atoms with van der Waals surface area (Å²) >= 11 is 0. The Bertz CT molecular complexity index is 493. The van der Waals surface area contributed by atoms with Crippen LogP contribution in [0.3, 0.4) is 0 Å². The van der Waals surface area contributed by atoms with Gasteiger partial charge in [-0.25, -0.2) is 4.79 Å². The average Bonchev–Trinajstić information content (AvgIpc) is 2.49. The van der Waals surface area contributed by atoms with E-state index in [1.54, 1.807) is 6.92 Å². The lowest BCUT2D eigenvalue weighted by molar-refractivity contribution is -0.246. The molecule has 2 fully saturated rings. The van der Waals surface area contributed by atoms with Crippen molar-refractivity contribution < 1.29 is 35.1 Å². The van der Waals surface area contributed by atoms with Crippen LogP contribution in [0.15, 0.2) is 12.2 Å². The van der Waals surface area contributed by atoms with Crippen molar-refractivity contribution in [2.24, 2.45) is 17.3 Å². The first kappa shape index (κ1) is 18.4. The number of carbonyl (C=O) groups is 1. The molecule has 0 aromatic rings. The molecule has 7 heteroatoms. The summed E-state index contributed by atoms with van der Waals surface area (Å²) in [5.74, 6) is -2.68. The Labute approximate surface area is 135 Å². The molecule has 2 rings (SSSR count). The van der Waals surface area contributed by atoms with Crippen molar-refractivity contribution in [3.8, 4) is 0 Å². The van der Waals surface area contributed by atoms with Crippen LogP contribution in [0.5, 0.6) is 0 Å². The lowest BCUT2D eigenvalue weighted by Gasteiger charge is -2.59. The van der Waals surface area contributed by atoms with Crippen molar-refractivity contribution in [3.63, 3.8) is 0 Å². The fourth-order valence-electron chi connectivity index (χ4n) is 4.56. The third kappa shape index (κ3) is 2.70. The number of rotatable bonds is 3. The number of hydrogen-bond acceptors (Lipinski definition) is 7. The zero-order chi connectivity index (χ0) is 17.6. The van der Waals surface area contributed by atoms with Crippen LogP contribution in [-0.4, -0.2) is 69.1 Å². The van der Waals surface area contributed by atoms with E-state index in [4.69, 9.17) is 0 Å². The van der Waals surface area contributed by atoms with Gasteiger partial charge in [-0.2, -0.15) is 0 Å². The zero-order valence-corrected chi connectivity index (χ0v) is 13.5. The number of fused-ring (bicyclic) bond motifs is 1. The predicted octanol–water partition coefficient (Wildman–Crippen LogP) is -1.04. The molecule has 0 amide bonds. The summed E-state index contributed by atoms with van der Waals surface area (Å²) in [6.45, 7) is 4.70. The van der Waals surface area contributed by atoms with E-state index in [-0.39, 0.29) is 24.8 Å². The molecule has 132 valence electrons. The second-order valence-corrected chi connectivity index (χ2v) is 7.10. The third-order valence-corrected chi connectivity index (χ3v) is 5.80. The summed E-state index contributed by atoms with van der Waals surface area (Å²) in [6.07, 6.45) is -2.85. The van der Waals surface area contributed by atoms with Crippen molar-refractivity contribution in [1.82, 2.24) is 0 Å². The van der Waals surface area contributed by atoms with Crippen LogP contribution in [0.1, 0.15) is 26.2 Å². The molecule has 0 aromatic carbocycles. The number of esters is 1. The van der Waals surface area contributed by atoms with Crippen LogP contribution in [0, 0.1) is 17.3 Å². The second kappa shape index (κ2) is 6.14. The topological polar surface area (TPSA) is 127 Å². The molecule has 5 N–H and O–H groups in total. The lowest BCUT2D eigenvalue weighted by Crippen LogP contribution is -2.67. The molecule has 7 nitrogen and oxygen atoms in total. The quantitative estimate of drug-likeness (QED) is 0.330. The smallest absolute Gasteiger partial charge is 0.333 e. The van der Waals surface area contributed by atoms with Gasteiger partial charge in [0.2, 0.25) is 0 Å². The molecule has 0 radical (unpaired) electrons. The van der Waals surface area contributed by atoms with Crippen molar-refractivity contribution in [2.75, 3.05) is 13.7 Å². The van der Waals surface area contributed by atoms with Crippen LogP contribution >= 0.6 is 0 Å². The maximum absolute atomic E-state index is 11.7. The standard InChI is InChI=1S/C16H26O7/c1-8(14(21)23-3)11-9(18)6-15(2)10(19)4-5-16(22,7-17)13(15)12(11)20/h9-13,17-20,22H,1,4-7H2,2-3H3. The summed E-state index contributed by atoms with van der Waals surface area (Å²) in [6, 6.07) is 0. The first-order chi connectivity index (χ1) is 10.6. The molecule has 0 aromatic heterocycles. The fourth-order valence-corrected chi connectivity index (χ4v) is 4.56. The van der Waals surface area contributed by atoms with Gasteiger partial charge < -0.3 is 30.3 Å². The summed E-state index contributed by atoms with van der Waals surface area (Å²) in [4.78, 5) is 11.7. The number of methoxy groups -OCH3 is 1. The lowest BCUT2D eigenvalue weighted by atomic mass is 9.50. The number of hydrogen-bond donors (Lipinski definition) is 5. The van der Waals surface area contributed by atoms with Crippen molar-refractivity contribution >= 4 is 5.97 Å². The van der Waals surface area contributed by atoms with E-state index < -0.39 is 53.7 Å². The number of aliphatic hydroxyl groups excluding tert-OH is 4. The van der Waals surface area contributed by atoms with E-state index in [0.29, 0.717) is 0 Å². The molecule has 7 atom stereocenters. The van der Waals surface area contributed by atoms with Gasteiger partial charge in [0.15, 0.2) is 0 Å². The molecule has 23 heavy (non-hydrogen) atoms. The number of aliphatic hydroxyl groups is 5. The van der Waals surface area contributed by atoms with E-state index in [2.05, 4.69) is 11.3 Å². The average molecular weight is 330 g/mol. The second-order valence-electron chi connectivity index (χ2n) is 7.10. The normalized spacial score (nSPS) is 46.8. The Morgan fingerprint density at radius 2 is 1.96 bits per heavy atom. The summed E-state index contributed by atoms with van der Waals surface area (Å²) in [7, 11) is 1.17. The molecule has 2 aliphatic rings. The van der Waals surface area contributed by atoms with Gasteiger partial charge in [0.05, 0.1) is 37.6 Å². The van der Waals surface area contributed by atoms with Gasteiger partial charge in [-0.3, -0.25) is 0 Å². The highest BCUT2D eigenvalue weighted by atomic mass is 16.5. The highest BCUT2D eigenvalue weighted by Crippen LogP contribution is 2.56. The maximum atomic E-state index is 11.7. The Morgan fingerprint density at radius 3 is 2.48 bits per heavy atom. The van der Waals surface area contributed by atoms with E-state index in [0.717, 1.165) is 0 Å². The van der Waals surface area contributed by atoms with Gasteiger partial charge in [0.1, 0.15) is 0 Å². The summed E-state index contributed by atoms with van der Waals surface area (Å²) in [5, 5.41) is 52.0. The van der Waals surface area contributed by atoms with Crippen LogP contribution in [-0.2, 0) is 9.53 Å². The molecular formula is C16H26O7. The van der Waals surface area contributed by atoms with E-state index in [1.807, 2.05) is 0 Å². The first-order valence-electron chi connectivity index (χ1n) is 7.77. The molecule has 0 aliphatic heterocycles. The van der Waals surface area contributed by atoms with Crippen molar-refractivity contribution in [2.45, 2.75) is 50.1 Å². The monoisotopic (exact) mass is 330 g/mol. The molecule has 0 saturated heterocycles. The highest BCUT2D eigenvalue weighted by Gasteiger charge is 2.63. The SMILES string of the molecule is C=C(C(=O)OC)C1C(O)CC2(C)C(O)CCC(O)(CO)C2C1O. The van der Waals surface area contributed by atoms with E-state index >= 15 is 0 Å². The summed E-state index contributed by atoms with van der Waals surface area (Å²) < 4.78 is 4.60. The van der Waals surface area contributed by atoms with Gasteiger partial charge >= 0.3 is 5.97 Å². The largest absolute Gasteiger partial charge is 0.466 e. The molecule has 0 spiro atoms.